The Morgan fingerprint density at radius 3 is 2.17 bits per heavy atom. The number of alkyl halides is 2. The van der Waals surface area contributed by atoms with Gasteiger partial charge in [-0.25, -0.2) is 13.8 Å². The van der Waals surface area contributed by atoms with Crippen molar-refractivity contribution in [3.63, 3.8) is 0 Å². The first-order valence-electron chi connectivity index (χ1n) is 16.3. The first-order valence-corrected chi connectivity index (χ1v) is 16.3. The van der Waals surface area contributed by atoms with Gasteiger partial charge in [-0.1, -0.05) is 41.0 Å². The number of hydrogen-bond acceptors (Lipinski definition) is 8. The number of amides is 5. The quantitative estimate of drug-likeness (QED) is 0.205. The second-order valence-electron chi connectivity index (χ2n) is 13.1. The number of fused-ring (bicyclic) bond motifs is 1. The number of nitrogens with one attached hydrogen (secondary N) is 4. The molecule has 3 rings (SSSR count). The van der Waals surface area contributed by atoms with Crippen LogP contribution >= 0.6 is 0 Å². The Labute approximate surface area is 273 Å². The average molecular weight is 664 g/mol. The van der Waals surface area contributed by atoms with Gasteiger partial charge in [-0.3, -0.25) is 33.8 Å². The molecular formula is C32H47F2N7O6. The summed E-state index contributed by atoms with van der Waals surface area (Å²) in [4.78, 5) is 88.8. The smallest absolute Gasteiger partial charge is 0.289 e. The van der Waals surface area contributed by atoms with Crippen LogP contribution in [0, 0.1) is 23.7 Å². The molecule has 7 atom stereocenters. The molecular weight excluding hydrogens is 616 g/mol. The van der Waals surface area contributed by atoms with Crippen LogP contribution in [-0.4, -0.2) is 93.4 Å². The predicted molar refractivity (Wildman–Crippen MR) is 167 cm³/mol. The van der Waals surface area contributed by atoms with Crippen molar-refractivity contribution in [2.45, 2.75) is 110 Å². The highest BCUT2D eigenvalue weighted by Crippen LogP contribution is 2.42. The first kappa shape index (κ1) is 37.4. The fourth-order valence-electron chi connectivity index (χ4n) is 6.19. The number of aromatic nitrogens is 2. The topological polar surface area (TPSA) is 180 Å². The molecule has 260 valence electrons. The molecule has 4 N–H and O–H groups in total. The van der Waals surface area contributed by atoms with Gasteiger partial charge in [0.05, 0.1) is 6.20 Å². The number of ketones is 1. The fraction of sp³-hybridized carbons (Fsp3) is 0.688. The maximum Gasteiger partial charge on any atom is 0.289 e. The Kier molecular flexibility index (Phi) is 13.3. The lowest BCUT2D eigenvalue weighted by molar-refractivity contribution is -0.145. The molecule has 1 aliphatic heterocycles. The zero-order valence-corrected chi connectivity index (χ0v) is 27.8. The Morgan fingerprint density at radius 1 is 0.915 bits per heavy atom. The summed E-state index contributed by atoms with van der Waals surface area (Å²) in [5.74, 6) is -5.95. The van der Waals surface area contributed by atoms with Crippen molar-refractivity contribution in [1.29, 1.82) is 0 Å². The van der Waals surface area contributed by atoms with Crippen LogP contribution < -0.4 is 21.3 Å². The second-order valence-corrected chi connectivity index (χ2v) is 13.1. The molecule has 47 heavy (non-hydrogen) atoms. The molecule has 1 saturated carbocycles. The first-order chi connectivity index (χ1) is 22.2. The zero-order valence-electron chi connectivity index (χ0n) is 27.8. The molecule has 1 saturated heterocycles. The van der Waals surface area contributed by atoms with Crippen molar-refractivity contribution in [2.75, 3.05) is 6.54 Å². The number of hydrogen-bond donors (Lipinski definition) is 4. The lowest BCUT2D eigenvalue weighted by Gasteiger charge is -2.34. The molecule has 0 bridgehead atoms. The molecule has 1 aliphatic carbocycles. The third-order valence-corrected chi connectivity index (χ3v) is 8.96. The van der Waals surface area contributed by atoms with Crippen LogP contribution in [0.25, 0.3) is 0 Å². The van der Waals surface area contributed by atoms with E-state index >= 15 is 0 Å². The molecule has 2 heterocycles. The van der Waals surface area contributed by atoms with Crippen molar-refractivity contribution >= 4 is 35.3 Å². The van der Waals surface area contributed by atoms with Crippen molar-refractivity contribution in [3.8, 4) is 0 Å². The summed E-state index contributed by atoms with van der Waals surface area (Å²) in [5, 5.41) is 10.2. The summed E-state index contributed by atoms with van der Waals surface area (Å²) in [6, 6.07) is -5.37. The van der Waals surface area contributed by atoms with Crippen LogP contribution in [0.1, 0.15) is 84.1 Å². The van der Waals surface area contributed by atoms with Crippen LogP contribution in [0.5, 0.6) is 0 Å². The third kappa shape index (κ3) is 9.50. The van der Waals surface area contributed by atoms with Crippen LogP contribution in [0.4, 0.5) is 8.78 Å². The summed E-state index contributed by atoms with van der Waals surface area (Å²) in [5.41, 5.74) is 0.0147. The SMILES string of the molecule is CC[C@H](C)NC(=O)C(=O)C(CC(F)F)NC(=O)[C@@H]1[C@H]2CCC[C@H]2CN1C(=O)[C@@H](NC(=O)[C@H](NC(=O)c1cnccn1)C(C)C)C(C)C. The predicted octanol–water partition coefficient (Wildman–Crippen LogP) is 1.62. The van der Waals surface area contributed by atoms with E-state index in [0.717, 1.165) is 12.8 Å². The largest absolute Gasteiger partial charge is 0.347 e. The van der Waals surface area contributed by atoms with Gasteiger partial charge >= 0.3 is 0 Å². The standard InChI is InChI=1S/C32H47F2N7O6/c1-7-18(6)37-31(46)27(42)21(13-23(33)34)38-30(45)26-20-10-8-9-19(20)15-41(26)32(47)25(17(4)5)40-29(44)24(16(2)3)39-28(43)22-14-35-11-12-36-22/h11-12,14,16-21,23-26H,7-10,13,15H2,1-6H3,(H,37,46)(H,38,45)(H,39,43)(H,40,44)/t18-,19-,20-,21?,24+,25-,26-/m0/s1. The van der Waals surface area contributed by atoms with Crippen LogP contribution in [0.3, 0.4) is 0 Å². The average Bonchev–Trinajstić information content (AvgIpc) is 3.62. The van der Waals surface area contributed by atoms with Gasteiger partial charge in [-0.15, -0.1) is 0 Å². The number of rotatable bonds is 15. The number of Topliss-reactive ketones (excluding diaryl/α,β-unsaturated/α-hetero) is 1. The Morgan fingerprint density at radius 2 is 1.60 bits per heavy atom. The second kappa shape index (κ2) is 16.7. The van der Waals surface area contributed by atoms with E-state index in [1.54, 1.807) is 41.5 Å². The maximum atomic E-state index is 14.1. The summed E-state index contributed by atoms with van der Waals surface area (Å²) < 4.78 is 27.1. The molecule has 0 radical (unpaired) electrons. The highest BCUT2D eigenvalue weighted by molar-refractivity contribution is 6.38. The minimum Gasteiger partial charge on any atom is -0.347 e. The van der Waals surface area contributed by atoms with E-state index in [2.05, 4.69) is 31.2 Å². The van der Waals surface area contributed by atoms with Crippen molar-refractivity contribution in [3.05, 3.63) is 24.3 Å². The highest BCUT2D eigenvalue weighted by atomic mass is 19.3. The molecule has 0 spiro atoms. The summed E-state index contributed by atoms with van der Waals surface area (Å²) in [6.45, 7) is 10.6. The van der Waals surface area contributed by atoms with E-state index < -0.39 is 78.3 Å². The summed E-state index contributed by atoms with van der Waals surface area (Å²) in [7, 11) is 0. The van der Waals surface area contributed by atoms with Gasteiger partial charge in [0.1, 0.15) is 29.9 Å². The maximum absolute atomic E-state index is 14.1. The lowest BCUT2D eigenvalue weighted by Crippen LogP contribution is -2.60. The van der Waals surface area contributed by atoms with E-state index in [1.165, 1.54) is 23.5 Å². The molecule has 1 aromatic rings. The molecule has 2 aliphatic rings. The third-order valence-electron chi connectivity index (χ3n) is 8.96. The summed E-state index contributed by atoms with van der Waals surface area (Å²) >= 11 is 0. The highest BCUT2D eigenvalue weighted by Gasteiger charge is 2.51. The van der Waals surface area contributed by atoms with Gasteiger partial charge in [0.25, 0.3) is 11.8 Å². The van der Waals surface area contributed by atoms with Gasteiger partial charge < -0.3 is 26.2 Å². The number of halogens is 2. The van der Waals surface area contributed by atoms with Crippen molar-refractivity contribution in [2.24, 2.45) is 23.7 Å². The van der Waals surface area contributed by atoms with Crippen molar-refractivity contribution < 1.29 is 37.5 Å². The lowest BCUT2D eigenvalue weighted by atomic mass is 9.92. The van der Waals surface area contributed by atoms with Gasteiger partial charge in [0.2, 0.25) is 29.9 Å². The Bertz CT molecular complexity index is 1300. The molecule has 1 unspecified atom stereocenters. The van der Waals surface area contributed by atoms with Crippen LogP contribution in [0.15, 0.2) is 18.6 Å². The minimum absolute atomic E-state index is 0.0147. The van der Waals surface area contributed by atoms with E-state index in [9.17, 15) is 37.5 Å². The summed E-state index contributed by atoms with van der Waals surface area (Å²) in [6.07, 6.45) is 2.64. The Hall–Kier alpha value is -4.04. The van der Waals surface area contributed by atoms with Crippen molar-refractivity contribution in [1.82, 2.24) is 36.1 Å². The number of likely N-dealkylation sites (tertiary alicyclic amines) is 1. The van der Waals surface area contributed by atoms with E-state index in [4.69, 9.17) is 0 Å². The van der Waals surface area contributed by atoms with Gasteiger partial charge in [0.15, 0.2) is 0 Å². The number of carbonyl (C=O) groups excluding carboxylic acids is 6. The van der Waals surface area contributed by atoms with E-state index in [0.29, 0.717) is 12.8 Å². The minimum atomic E-state index is -2.98. The molecule has 0 aromatic carbocycles. The Balaban J connectivity index is 1.82. The van der Waals surface area contributed by atoms with Gasteiger partial charge in [0, 0.05) is 31.4 Å². The molecule has 2 fully saturated rings. The van der Waals surface area contributed by atoms with Crippen LogP contribution in [0.2, 0.25) is 0 Å². The fourth-order valence-corrected chi connectivity index (χ4v) is 6.19. The zero-order chi connectivity index (χ0) is 35.0. The molecule has 15 heteroatoms. The molecule has 13 nitrogen and oxygen atoms in total. The van der Waals surface area contributed by atoms with Crippen LogP contribution in [-0.2, 0) is 24.0 Å². The number of carbonyl (C=O) groups is 6. The molecule has 1 aromatic heterocycles. The van der Waals surface area contributed by atoms with Gasteiger partial charge in [-0.05, 0) is 49.9 Å². The normalized spacial score (nSPS) is 21.5. The van der Waals surface area contributed by atoms with Gasteiger partial charge in [-0.2, -0.15) is 0 Å². The number of nitrogens with zero attached hydrogens (tertiary/aromatic N) is 3. The molecule has 5 amide bonds. The monoisotopic (exact) mass is 663 g/mol. The van der Waals surface area contributed by atoms with E-state index in [1.807, 2.05) is 0 Å². The van der Waals surface area contributed by atoms with E-state index in [-0.39, 0.29) is 36.0 Å².